The zero-order chi connectivity index (χ0) is 23.8. The van der Waals surface area contributed by atoms with E-state index < -0.39 is 21.4 Å². The van der Waals surface area contributed by atoms with Crippen LogP contribution in [0, 0.1) is 18.8 Å². The van der Waals surface area contributed by atoms with Gasteiger partial charge in [-0.3, -0.25) is 9.59 Å². The molecule has 4 rings (SSSR count). The van der Waals surface area contributed by atoms with Gasteiger partial charge in [-0.25, -0.2) is 8.42 Å². The van der Waals surface area contributed by atoms with Crippen LogP contribution in [0.5, 0.6) is 0 Å². The van der Waals surface area contributed by atoms with Gasteiger partial charge in [0, 0.05) is 36.7 Å². The van der Waals surface area contributed by atoms with Crippen LogP contribution < -0.4 is 10.7 Å². The molecule has 0 saturated carbocycles. The van der Waals surface area contributed by atoms with E-state index in [1.165, 1.54) is 22.6 Å². The molecule has 1 aromatic heterocycles. The number of aryl methyl sites for hydroxylation is 1. The summed E-state index contributed by atoms with van der Waals surface area (Å²) in [6, 6.07) is 12.2. The molecule has 1 amide bonds. The predicted molar refractivity (Wildman–Crippen MR) is 129 cm³/mol. The van der Waals surface area contributed by atoms with Crippen molar-refractivity contribution >= 4 is 26.8 Å². The number of aromatic amines is 1. The van der Waals surface area contributed by atoms with E-state index in [0.717, 1.165) is 17.5 Å². The van der Waals surface area contributed by atoms with E-state index in [1.54, 1.807) is 6.07 Å². The van der Waals surface area contributed by atoms with E-state index in [9.17, 15) is 18.0 Å². The second-order valence-electron chi connectivity index (χ2n) is 9.18. The average Bonchev–Trinajstić information content (AvgIpc) is 2.78. The molecule has 2 N–H and O–H groups in total. The van der Waals surface area contributed by atoms with Gasteiger partial charge in [0.05, 0.1) is 4.90 Å². The van der Waals surface area contributed by atoms with E-state index >= 15 is 0 Å². The smallest absolute Gasteiger partial charge is 0.257 e. The number of nitrogens with zero attached hydrogens (tertiary/aromatic N) is 1. The van der Waals surface area contributed by atoms with Crippen molar-refractivity contribution < 1.29 is 13.2 Å². The van der Waals surface area contributed by atoms with E-state index in [-0.39, 0.29) is 34.2 Å². The third-order valence-corrected chi connectivity index (χ3v) is 7.97. The topological polar surface area (TPSA) is 99.3 Å². The van der Waals surface area contributed by atoms with Crippen LogP contribution in [0.15, 0.2) is 58.4 Å². The Labute approximate surface area is 193 Å². The molecule has 2 aromatic carbocycles. The molecule has 0 radical (unpaired) electrons. The maximum absolute atomic E-state index is 13.3. The SMILES string of the molecule is Cc1ccc(CNC(=O)c2c[nH]c3ccc(S(=O)(=O)N4CC(C)CC(C)C4)cc3c2=O)cc1. The minimum atomic E-state index is -3.74. The summed E-state index contributed by atoms with van der Waals surface area (Å²) in [5.41, 5.74) is 1.97. The second kappa shape index (κ2) is 9.11. The van der Waals surface area contributed by atoms with Crippen LogP contribution in [0.1, 0.15) is 41.8 Å². The first-order chi connectivity index (χ1) is 15.6. The van der Waals surface area contributed by atoms with Gasteiger partial charge in [-0.2, -0.15) is 4.31 Å². The number of pyridine rings is 1. The van der Waals surface area contributed by atoms with Gasteiger partial charge in [0.25, 0.3) is 5.91 Å². The number of carbonyl (C=O) groups is 1. The largest absolute Gasteiger partial charge is 0.360 e. The van der Waals surface area contributed by atoms with Gasteiger partial charge in [0.1, 0.15) is 5.56 Å². The Morgan fingerprint density at radius 1 is 1.09 bits per heavy atom. The zero-order valence-corrected chi connectivity index (χ0v) is 19.9. The molecular weight excluding hydrogens is 438 g/mol. The quantitative estimate of drug-likeness (QED) is 0.600. The maximum atomic E-state index is 13.3. The van der Waals surface area contributed by atoms with Crippen molar-refractivity contribution in [3.05, 3.63) is 75.6 Å². The molecule has 174 valence electrons. The molecule has 2 heterocycles. The average molecular weight is 468 g/mol. The first-order valence-corrected chi connectivity index (χ1v) is 12.6. The Morgan fingerprint density at radius 2 is 1.76 bits per heavy atom. The normalized spacial score (nSPS) is 19.5. The number of piperidine rings is 1. The van der Waals surface area contributed by atoms with E-state index in [2.05, 4.69) is 10.3 Å². The summed E-state index contributed by atoms with van der Waals surface area (Å²) in [5, 5.41) is 2.94. The third kappa shape index (κ3) is 4.86. The van der Waals surface area contributed by atoms with Crippen molar-refractivity contribution in [1.82, 2.24) is 14.6 Å². The highest BCUT2D eigenvalue weighted by atomic mass is 32.2. The number of amides is 1. The number of sulfonamides is 1. The molecule has 3 aromatic rings. The number of fused-ring (bicyclic) bond motifs is 1. The fraction of sp³-hybridized carbons (Fsp3) is 0.360. The highest BCUT2D eigenvalue weighted by Gasteiger charge is 2.32. The zero-order valence-electron chi connectivity index (χ0n) is 19.1. The van der Waals surface area contributed by atoms with Gasteiger partial charge in [-0.05, 0) is 48.9 Å². The minimum absolute atomic E-state index is 0.0515. The number of hydrogen-bond acceptors (Lipinski definition) is 4. The molecule has 33 heavy (non-hydrogen) atoms. The van der Waals surface area contributed by atoms with Crippen LogP contribution in [-0.2, 0) is 16.6 Å². The van der Waals surface area contributed by atoms with Gasteiger partial charge >= 0.3 is 0 Å². The first kappa shape index (κ1) is 23.2. The second-order valence-corrected chi connectivity index (χ2v) is 11.1. The van der Waals surface area contributed by atoms with Gasteiger partial charge in [0.2, 0.25) is 15.5 Å². The Balaban J connectivity index is 1.62. The summed E-state index contributed by atoms with van der Waals surface area (Å²) in [7, 11) is -3.74. The molecule has 1 fully saturated rings. The fourth-order valence-corrected chi connectivity index (χ4v) is 6.17. The maximum Gasteiger partial charge on any atom is 0.257 e. The molecule has 0 aliphatic carbocycles. The number of carbonyl (C=O) groups excluding carboxylic acids is 1. The number of H-pyrrole nitrogens is 1. The minimum Gasteiger partial charge on any atom is -0.360 e. The number of rotatable bonds is 5. The van der Waals surface area contributed by atoms with Crippen LogP contribution in [0.25, 0.3) is 10.9 Å². The standard InChI is InChI=1S/C25H29N3O4S/c1-16-4-6-19(7-5-16)12-27-25(30)22-13-26-23-9-8-20(11-21(23)24(22)29)33(31,32)28-14-17(2)10-18(3)15-28/h4-9,11,13,17-18H,10,12,14-15H2,1-3H3,(H,26,29)(H,27,30). The monoisotopic (exact) mass is 467 g/mol. The highest BCUT2D eigenvalue weighted by molar-refractivity contribution is 7.89. The van der Waals surface area contributed by atoms with Crippen molar-refractivity contribution in [1.29, 1.82) is 0 Å². The van der Waals surface area contributed by atoms with Crippen LogP contribution >= 0.6 is 0 Å². The molecule has 1 saturated heterocycles. The third-order valence-electron chi connectivity index (χ3n) is 6.14. The Hall–Kier alpha value is -2.97. The number of nitrogens with one attached hydrogen (secondary N) is 2. The van der Waals surface area contributed by atoms with Crippen molar-refractivity contribution in [3.63, 3.8) is 0 Å². The molecule has 1 aliphatic rings. The summed E-state index contributed by atoms with van der Waals surface area (Å²) in [5.74, 6) is 0.0399. The fourth-order valence-electron chi connectivity index (χ4n) is 4.46. The highest BCUT2D eigenvalue weighted by Crippen LogP contribution is 2.27. The molecule has 8 heteroatoms. The van der Waals surface area contributed by atoms with Gasteiger partial charge < -0.3 is 10.3 Å². The lowest BCUT2D eigenvalue weighted by atomic mass is 9.94. The molecular formula is C25H29N3O4S. The number of benzene rings is 2. The van der Waals surface area contributed by atoms with E-state index in [0.29, 0.717) is 18.6 Å². The lowest BCUT2D eigenvalue weighted by Gasteiger charge is -2.34. The van der Waals surface area contributed by atoms with E-state index in [1.807, 2.05) is 45.0 Å². The molecule has 0 bridgehead atoms. The van der Waals surface area contributed by atoms with E-state index in [4.69, 9.17) is 0 Å². The Bertz CT molecular complexity index is 1340. The first-order valence-electron chi connectivity index (χ1n) is 11.1. The summed E-state index contributed by atoms with van der Waals surface area (Å²) in [4.78, 5) is 28.8. The van der Waals surface area contributed by atoms with Crippen LogP contribution in [0.2, 0.25) is 0 Å². The molecule has 7 nitrogen and oxygen atoms in total. The van der Waals surface area contributed by atoms with Gasteiger partial charge in [-0.1, -0.05) is 43.7 Å². The molecule has 2 atom stereocenters. The number of hydrogen-bond donors (Lipinski definition) is 2. The van der Waals surface area contributed by atoms with Crippen LogP contribution in [0.4, 0.5) is 0 Å². The summed E-state index contributed by atoms with van der Waals surface area (Å²) >= 11 is 0. The number of aromatic nitrogens is 1. The predicted octanol–water partition coefficient (Wildman–Crippen LogP) is 3.43. The van der Waals surface area contributed by atoms with Crippen molar-refractivity contribution in [2.24, 2.45) is 11.8 Å². The summed E-state index contributed by atoms with van der Waals surface area (Å²) < 4.78 is 28.0. The summed E-state index contributed by atoms with van der Waals surface area (Å²) in [6.07, 6.45) is 2.36. The molecule has 0 spiro atoms. The van der Waals surface area contributed by atoms with Crippen molar-refractivity contribution in [2.75, 3.05) is 13.1 Å². The van der Waals surface area contributed by atoms with Gasteiger partial charge in [-0.15, -0.1) is 0 Å². The lowest BCUT2D eigenvalue weighted by Crippen LogP contribution is -2.42. The summed E-state index contributed by atoms with van der Waals surface area (Å²) in [6.45, 7) is 7.29. The molecule has 2 unspecified atom stereocenters. The van der Waals surface area contributed by atoms with Crippen molar-refractivity contribution in [2.45, 2.75) is 38.6 Å². The van der Waals surface area contributed by atoms with Crippen LogP contribution in [-0.4, -0.2) is 36.7 Å². The van der Waals surface area contributed by atoms with Crippen molar-refractivity contribution in [3.8, 4) is 0 Å². The van der Waals surface area contributed by atoms with Gasteiger partial charge in [0.15, 0.2) is 0 Å². The van der Waals surface area contributed by atoms with Crippen LogP contribution in [0.3, 0.4) is 0 Å². The Kier molecular flexibility index (Phi) is 6.41. The Morgan fingerprint density at radius 3 is 2.42 bits per heavy atom. The lowest BCUT2D eigenvalue weighted by molar-refractivity contribution is 0.0949. The molecule has 1 aliphatic heterocycles.